The highest BCUT2D eigenvalue weighted by molar-refractivity contribution is 7.91. The summed E-state index contributed by atoms with van der Waals surface area (Å²) in [7, 11) is -3.40. The van der Waals surface area contributed by atoms with Crippen LogP contribution >= 0.6 is 11.3 Å². The number of thiophene rings is 1. The molecule has 0 atom stereocenters. The lowest BCUT2D eigenvalue weighted by Gasteiger charge is -2.06. The minimum Gasteiger partial charge on any atom is -0.380 e. The van der Waals surface area contributed by atoms with Crippen LogP contribution in [0, 0.1) is 11.3 Å². The lowest BCUT2D eigenvalue weighted by molar-refractivity contribution is 0.153. The molecule has 0 saturated carbocycles. The van der Waals surface area contributed by atoms with Crippen molar-refractivity contribution in [1.82, 2.24) is 0 Å². The van der Waals surface area contributed by atoms with E-state index in [-0.39, 0.29) is 17.3 Å². The molecule has 0 radical (unpaired) electrons. The van der Waals surface area contributed by atoms with E-state index in [1.165, 1.54) is 17.0 Å². The zero-order valence-corrected chi connectivity index (χ0v) is 13.0. The van der Waals surface area contributed by atoms with E-state index in [0.29, 0.717) is 12.2 Å². The van der Waals surface area contributed by atoms with Gasteiger partial charge in [-0.1, -0.05) is 12.1 Å². The van der Waals surface area contributed by atoms with Crippen LogP contribution in [-0.4, -0.2) is 27.4 Å². The van der Waals surface area contributed by atoms with Crippen LogP contribution in [0.1, 0.15) is 10.4 Å². The molecule has 2 rings (SSSR count). The zero-order chi connectivity index (χ0) is 15.1. The molecule has 0 N–H and O–H groups in total. The molecule has 0 aliphatic rings. The summed E-state index contributed by atoms with van der Waals surface area (Å²) in [6, 6.07) is 12.0. The molecule has 110 valence electrons. The summed E-state index contributed by atoms with van der Waals surface area (Å²) in [6.07, 6.45) is 0.793. The molecule has 0 aliphatic carbocycles. The Morgan fingerprint density at radius 1 is 1.19 bits per heavy atom. The average molecular weight is 321 g/mol. The van der Waals surface area contributed by atoms with E-state index in [9.17, 15) is 8.42 Å². The van der Waals surface area contributed by atoms with E-state index in [1.54, 1.807) is 23.5 Å². The van der Waals surface area contributed by atoms with Gasteiger partial charge in [-0.25, -0.2) is 8.42 Å². The molecule has 0 unspecified atom stereocenters. The van der Waals surface area contributed by atoms with Gasteiger partial charge in [0.25, 0.3) is 0 Å². The van der Waals surface area contributed by atoms with Crippen LogP contribution in [0.3, 0.4) is 0 Å². The standard InChI is InChI=1S/C15H15NO3S2/c16-12-13-3-1-5-15(11-13)21(17,18)10-8-19-7-6-14-4-2-9-20-14/h1-5,9,11H,6-8,10H2. The highest BCUT2D eigenvalue weighted by atomic mass is 32.2. The quantitative estimate of drug-likeness (QED) is 0.735. The highest BCUT2D eigenvalue weighted by Gasteiger charge is 2.14. The van der Waals surface area contributed by atoms with Gasteiger partial charge >= 0.3 is 0 Å². The maximum atomic E-state index is 12.1. The fraction of sp³-hybridized carbons (Fsp3) is 0.267. The molecule has 21 heavy (non-hydrogen) atoms. The second kappa shape index (κ2) is 7.36. The fourth-order valence-corrected chi connectivity index (χ4v) is 3.63. The number of hydrogen-bond donors (Lipinski definition) is 0. The van der Waals surface area contributed by atoms with E-state index in [2.05, 4.69) is 0 Å². The van der Waals surface area contributed by atoms with Crippen LogP contribution in [0.5, 0.6) is 0 Å². The molecule has 0 aliphatic heterocycles. The Kier molecular flexibility index (Phi) is 5.51. The van der Waals surface area contributed by atoms with E-state index in [1.807, 2.05) is 23.6 Å². The second-order valence-corrected chi connectivity index (χ2v) is 7.54. The molecule has 0 amide bonds. The normalized spacial score (nSPS) is 11.2. The average Bonchev–Trinajstić information content (AvgIpc) is 3.00. The summed E-state index contributed by atoms with van der Waals surface area (Å²) in [5.41, 5.74) is 0.342. The number of rotatable bonds is 7. The Labute approximate surface area is 128 Å². The van der Waals surface area contributed by atoms with Crippen LogP contribution in [-0.2, 0) is 21.0 Å². The first kappa shape index (κ1) is 15.7. The van der Waals surface area contributed by atoms with Crippen LogP contribution in [0.15, 0.2) is 46.7 Å². The van der Waals surface area contributed by atoms with Gasteiger partial charge in [0.2, 0.25) is 0 Å². The summed E-state index contributed by atoms with van der Waals surface area (Å²) in [5.74, 6) is -0.0771. The third kappa shape index (κ3) is 4.67. The Morgan fingerprint density at radius 3 is 2.76 bits per heavy atom. The molecule has 0 saturated heterocycles. The van der Waals surface area contributed by atoms with Gasteiger partial charge in [-0.15, -0.1) is 11.3 Å². The van der Waals surface area contributed by atoms with Crippen LogP contribution in [0.4, 0.5) is 0 Å². The van der Waals surface area contributed by atoms with Crippen molar-refractivity contribution in [3.63, 3.8) is 0 Å². The lowest BCUT2D eigenvalue weighted by Crippen LogP contribution is -2.13. The Morgan fingerprint density at radius 2 is 2.05 bits per heavy atom. The van der Waals surface area contributed by atoms with Gasteiger partial charge in [-0.2, -0.15) is 5.26 Å². The van der Waals surface area contributed by atoms with E-state index in [4.69, 9.17) is 10.00 Å². The molecular weight excluding hydrogens is 306 g/mol. The molecule has 2 aromatic rings. The molecule has 6 heteroatoms. The first-order valence-corrected chi connectivity index (χ1v) is 8.98. The van der Waals surface area contributed by atoms with Gasteiger partial charge < -0.3 is 4.74 Å². The van der Waals surface area contributed by atoms with Gasteiger partial charge in [0.15, 0.2) is 9.84 Å². The van der Waals surface area contributed by atoms with Crippen molar-refractivity contribution >= 4 is 21.2 Å². The summed E-state index contributed by atoms with van der Waals surface area (Å²) >= 11 is 1.66. The topological polar surface area (TPSA) is 67.2 Å². The number of sulfone groups is 1. The molecule has 1 aromatic carbocycles. The number of nitriles is 1. The Bertz CT molecular complexity index is 716. The molecule has 0 spiro atoms. The van der Waals surface area contributed by atoms with Crippen molar-refractivity contribution in [3.8, 4) is 6.07 Å². The molecular formula is C15H15NO3S2. The van der Waals surface area contributed by atoms with Crippen LogP contribution in [0.2, 0.25) is 0 Å². The number of benzene rings is 1. The van der Waals surface area contributed by atoms with Gasteiger partial charge in [-0.05, 0) is 29.6 Å². The van der Waals surface area contributed by atoms with Crippen LogP contribution in [0.25, 0.3) is 0 Å². The van der Waals surface area contributed by atoms with Crippen molar-refractivity contribution < 1.29 is 13.2 Å². The Balaban J connectivity index is 1.82. The van der Waals surface area contributed by atoms with Crippen molar-refractivity contribution in [1.29, 1.82) is 5.26 Å². The van der Waals surface area contributed by atoms with E-state index in [0.717, 1.165) is 6.42 Å². The molecule has 0 bridgehead atoms. The first-order valence-electron chi connectivity index (χ1n) is 6.45. The number of ether oxygens (including phenoxy) is 1. The van der Waals surface area contributed by atoms with Gasteiger partial charge in [-0.3, -0.25) is 0 Å². The predicted octanol–water partition coefficient (Wildman–Crippen LogP) is 2.65. The maximum absolute atomic E-state index is 12.1. The smallest absolute Gasteiger partial charge is 0.180 e. The largest absolute Gasteiger partial charge is 0.380 e. The minimum atomic E-state index is -3.40. The minimum absolute atomic E-state index is 0.0771. The van der Waals surface area contributed by atoms with Crippen molar-refractivity contribution in [2.75, 3.05) is 19.0 Å². The summed E-state index contributed by atoms with van der Waals surface area (Å²) < 4.78 is 29.6. The van der Waals surface area contributed by atoms with Crippen LogP contribution < -0.4 is 0 Å². The molecule has 4 nitrogen and oxygen atoms in total. The third-order valence-electron chi connectivity index (χ3n) is 2.89. The number of nitrogens with zero attached hydrogens (tertiary/aromatic N) is 1. The molecule has 0 fully saturated rings. The zero-order valence-electron chi connectivity index (χ0n) is 11.4. The second-order valence-electron chi connectivity index (χ2n) is 4.40. The van der Waals surface area contributed by atoms with Crippen molar-refractivity contribution in [2.24, 2.45) is 0 Å². The van der Waals surface area contributed by atoms with Gasteiger partial charge in [0, 0.05) is 11.3 Å². The summed E-state index contributed by atoms with van der Waals surface area (Å²) in [5, 5.41) is 10.8. The monoisotopic (exact) mass is 321 g/mol. The SMILES string of the molecule is N#Cc1cccc(S(=O)(=O)CCOCCc2cccs2)c1. The molecule has 1 aromatic heterocycles. The molecule has 1 heterocycles. The van der Waals surface area contributed by atoms with Crippen molar-refractivity contribution in [2.45, 2.75) is 11.3 Å². The van der Waals surface area contributed by atoms with Gasteiger partial charge in [0.1, 0.15) is 0 Å². The summed E-state index contributed by atoms with van der Waals surface area (Å²) in [6.45, 7) is 0.665. The summed E-state index contributed by atoms with van der Waals surface area (Å²) in [4.78, 5) is 1.39. The maximum Gasteiger partial charge on any atom is 0.180 e. The third-order valence-corrected chi connectivity index (χ3v) is 5.50. The Hall–Kier alpha value is -1.68. The van der Waals surface area contributed by atoms with E-state index >= 15 is 0 Å². The fourth-order valence-electron chi connectivity index (χ4n) is 1.78. The van der Waals surface area contributed by atoms with Crippen molar-refractivity contribution in [3.05, 3.63) is 52.2 Å². The van der Waals surface area contributed by atoms with Gasteiger partial charge in [0.05, 0.1) is 35.5 Å². The van der Waals surface area contributed by atoms with E-state index < -0.39 is 9.84 Å². The lowest BCUT2D eigenvalue weighted by atomic mass is 10.2. The predicted molar refractivity (Wildman–Crippen MR) is 82.1 cm³/mol. The number of hydrogen-bond acceptors (Lipinski definition) is 5. The highest BCUT2D eigenvalue weighted by Crippen LogP contribution is 2.13. The first-order chi connectivity index (χ1) is 10.1.